The molecule has 2 aromatic rings. The van der Waals surface area contributed by atoms with E-state index in [1.165, 1.54) is 13.2 Å². The summed E-state index contributed by atoms with van der Waals surface area (Å²) < 4.78 is 18.5. The van der Waals surface area contributed by atoms with Crippen LogP contribution in [0.15, 0.2) is 36.4 Å². The second kappa shape index (κ2) is 5.28. The van der Waals surface area contributed by atoms with Crippen molar-refractivity contribution in [2.75, 3.05) is 7.11 Å². The van der Waals surface area contributed by atoms with E-state index in [1.54, 1.807) is 18.2 Å². The van der Waals surface area contributed by atoms with Crippen LogP contribution in [0.4, 0.5) is 4.39 Å². The highest BCUT2D eigenvalue weighted by molar-refractivity contribution is 6.31. The number of aromatic carboxylic acids is 1. The fourth-order valence-electron chi connectivity index (χ4n) is 1.82. The van der Waals surface area contributed by atoms with E-state index < -0.39 is 11.8 Å². The zero-order valence-corrected chi connectivity index (χ0v) is 10.7. The molecule has 5 heteroatoms. The monoisotopic (exact) mass is 280 g/mol. The van der Waals surface area contributed by atoms with Gasteiger partial charge in [0.1, 0.15) is 11.6 Å². The first-order chi connectivity index (χ1) is 9.02. The molecular formula is C14H10ClFO3. The highest BCUT2D eigenvalue weighted by Crippen LogP contribution is 2.35. The largest absolute Gasteiger partial charge is 0.496 e. The maximum absolute atomic E-state index is 13.4. The fraction of sp³-hybridized carbons (Fsp3) is 0.0714. The zero-order valence-electron chi connectivity index (χ0n) is 9.98. The van der Waals surface area contributed by atoms with Crippen LogP contribution in [-0.2, 0) is 0 Å². The lowest BCUT2D eigenvalue weighted by atomic mass is 9.98. The molecule has 0 saturated carbocycles. The number of halogens is 2. The Morgan fingerprint density at radius 3 is 2.58 bits per heavy atom. The van der Waals surface area contributed by atoms with Crippen LogP contribution in [0.2, 0.25) is 5.02 Å². The third-order valence-electron chi connectivity index (χ3n) is 2.66. The summed E-state index contributed by atoms with van der Waals surface area (Å²) in [5.41, 5.74) is 0.653. The average Bonchev–Trinajstić information content (AvgIpc) is 2.38. The van der Waals surface area contributed by atoms with Crippen LogP contribution in [0.25, 0.3) is 11.1 Å². The molecule has 2 rings (SSSR count). The number of ether oxygens (including phenoxy) is 1. The van der Waals surface area contributed by atoms with E-state index in [0.29, 0.717) is 16.3 Å². The number of carboxylic acids is 1. The Kier molecular flexibility index (Phi) is 3.71. The zero-order chi connectivity index (χ0) is 14.0. The van der Waals surface area contributed by atoms with Crippen molar-refractivity contribution in [3.8, 4) is 16.9 Å². The molecule has 0 aromatic heterocycles. The number of hydrogen-bond acceptors (Lipinski definition) is 2. The van der Waals surface area contributed by atoms with Gasteiger partial charge in [0, 0.05) is 16.1 Å². The Hall–Kier alpha value is -2.07. The van der Waals surface area contributed by atoms with Crippen molar-refractivity contribution >= 4 is 17.6 Å². The van der Waals surface area contributed by atoms with Crippen LogP contribution >= 0.6 is 11.6 Å². The number of carboxylic acid groups (broad SMARTS) is 1. The van der Waals surface area contributed by atoms with E-state index >= 15 is 0 Å². The molecule has 0 bridgehead atoms. The molecule has 98 valence electrons. The Labute approximate surface area is 114 Å². The van der Waals surface area contributed by atoms with Gasteiger partial charge in [0.25, 0.3) is 0 Å². The Balaban J connectivity index is 2.73. The molecule has 0 amide bonds. The van der Waals surface area contributed by atoms with E-state index in [9.17, 15) is 9.18 Å². The van der Waals surface area contributed by atoms with Crippen molar-refractivity contribution in [2.45, 2.75) is 0 Å². The van der Waals surface area contributed by atoms with Crippen molar-refractivity contribution in [1.82, 2.24) is 0 Å². The van der Waals surface area contributed by atoms with Crippen LogP contribution < -0.4 is 4.74 Å². The third-order valence-corrected chi connectivity index (χ3v) is 2.90. The summed E-state index contributed by atoms with van der Waals surface area (Å²) >= 11 is 5.90. The normalized spacial score (nSPS) is 10.3. The molecule has 0 aliphatic heterocycles. The molecule has 0 radical (unpaired) electrons. The third kappa shape index (κ3) is 2.69. The Morgan fingerprint density at radius 2 is 1.95 bits per heavy atom. The predicted octanol–water partition coefficient (Wildman–Crippen LogP) is 3.85. The van der Waals surface area contributed by atoms with Crippen LogP contribution in [0.1, 0.15) is 10.4 Å². The smallest absolute Gasteiger partial charge is 0.336 e. The van der Waals surface area contributed by atoms with Gasteiger partial charge < -0.3 is 9.84 Å². The minimum atomic E-state index is -1.14. The first-order valence-electron chi connectivity index (χ1n) is 5.39. The van der Waals surface area contributed by atoms with E-state index in [1.807, 2.05) is 0 Å². The Morgan fingerprint density at radius 1 is 1.21 bits per heavy atom. The van der Waals surface area contributed by atoms with Crippen molar-refractivity contribution in [3.05, 3.63) is 52.8 Å². The van der Waals surface area contributed by atoms with Crippen LogP contribution in [0.5, 0.6) is 5.75 Å². The number of rotatable bonds is 3. The molecule has 2 aromatic carbocycles. The lowest BCUT2D eigenvalue weighted by Crippen LogP contribution is -2.01. The van der Waals surface area contributed by atoms with Crippen LogP contribution in [0.3, 0.4) is 0 Å². The molecule has 0 heterocycles. The minimum absolute atomic E-state index is 0.0121. The molecule has 0 unspecified atom stereocenters. The second-order valence-corrected chi connectivity index (χ2v) is 4.28. The first-order valence-corrected chi connectivity index (χ1v) is 5.77. The van der Waals surface area contributed by atoms with Gasteiger partial charge in [0.05, 0.1) is 12.7 Å². The van der Waals surface area contributed by atoms with Gasteiger partial charge in [-0.25, -0.2) is 9.18 Å². The molecule has 1 N–H and O–H groups in total. The quantitative estimate of drug-likeness (QED) is 0.929. The SMILES string of the molecule is COc1ccc(Cl)cc1-c1cc(F)ccc1C(=O)O. The van der Waals surface area contributed by atoms with Crippen LogP contribution in [0, 0.1) is 5.82 Å². The lowest BCUT2D eigenvalue weighted by Gasteiger charge is -2.11. The van der Waals surface area contributed by atoms with Crippen molar-refractivity contribution < 1.29 is 19.0 Å². The van der Waals surface area contributed by atoms with Gasteiger partial charge in [-0.15, -0.1) is 0 Å². The van der Waals surface area contributed by atoms with Gasteiger partial charge in [0.15, 0.2) is 0 Å². The summed E-state index contributed by atoms with van der Waals surface area (Å²) in [6.07, 6.45) is 0. The summed E-state index contributed by atoms with van der Waals surface area (Å²) in [6.45, 7) is 0. The highest BCUT2D eigenvalue weighted by Gasteiger charge is 2.16. The average molecular weight is 281 g/mol. The standard InChI is InChI=1S/C14H10ClFO3/c1-19-13-5-2-8(15)6-12(13)11-7-9(16)3-4-10(11)14(17)18/h2-7H,1H3,(H,17,18). The molecule has 0 fully saturated rings. The van der Waals surface area contributed by atoms with Gasteiger partial charge in [-0.3, -0.25) is 0 Å². The molecule has 19 heavy (non-hydrogen) atoms. The Bertz CT molecular complexity index is 641. The number of hydrogen-bond donors (Lipinski definition) is 1. The van der Waals surface area contributed by atoms with Crippen molar-refractivity contribution in [1.29, 1.82) is 0 Å². The van der Waals surface area contributed by atoms with Gasteiger partial charge >= 0.3 is 5.97 Å². The highest BCUT2D eigenvalue weighted by atomic mass is 35.5. The molecular weight excluding hydrogens is 271 g/mol. The maximum Gasteiger partial charge on any atom is 0.336 e. The molecule has 0 aliphatic rings. The van der Waals surface area contributed by atoms with Gasteiger partial charge in [-0.2, -0.15) is 0 Å². The molecule has 0 aliphatic carbocycles. The first kappa shape index (κ1) is 13.4. The lowest BCUT2D eigenvalue weighted by molar-refractivity contribution is 0.0697. The van der Waals surface area contributed by atoms with Gasteiger partial charge in [0.2, 0.25) is 0 Å². The second-order valence-electron chi connectivity index (χ2n) is 3.84. The topological polar surface area (TPSA) is 46.5 Å². The van der Waals surface area contributed by atoms with Gasteiger partial charge in [-0.05, 0) is 36.4 Å². The summed E-state index contributed by atoms with van der Waals surface area (Å²) in [5, 5.41) is 9.57. The summed E-state index contributed by atoms with van der Waals surface area (Å²) in [4.78, 5) is 11.2. The summed E-state index contributed by atoms with van der Waals surface area (Å²) in [6, 6.07) is 8.23. The maximum atomic E-state index is 13.4. The predicted molar refractivity (Wildman–Crippen MR) is 70.4 cm³/mol. The number of carbonyl (C=O) groups is 1. The van der Waals surface area contributed by atoms with E-state index in [0.717, 1.165) is 12.1 Å². The number of methoxy groups -OCH3 is 1. The van der Waals surface area contributed by atoms with Crippen LogP contribution in [-0.4, -0.2) is 18.2 Å². The van der Waals surface area contributed by atoms with E-state index in [-0.39, 0.29) is 11.1 Å². The molecule has 0 spiro atoms. The van der Waals surface area contributed by atoms with Gasteiger partial charge in [-0.1, -0.05) is 11.6 Å². The molecule has 3 nitrogen and oxygen atoms in total. The fourth-order valence-corrected chi connectivity index (χ4v) is 1.99. The molecule has 0 saturated heterocycles. The van der Waals surface area contributed by atoms with Crippen molar-refractivity contribution in [3.63, 3.8) is 0 Å². The molecule has 0 atom stereocenters. The van der Waals surface area contributed by atoms with Crippen molar-refractivity contribution in [2.24, 2.45) is 0 Å². The summed E-state index contributed by atoms with van der Waals surface area (Å²) in [7, 11) is 1.45. The summed E-state index contributed by atoms with van der Waals surface area (Å²) in [5.74, 6) is -1.24. The van der Waals surface area contributed by atoms with E-state index in [2.05, 4.69) is 0 Å². The number of benzene rings is 2. The minimum Gasteiger partial charge on any atom is -0.496 e. The van der Waals surface area contributed by atoms with E-state index in [4.69, 9.17) is 21.4 Å².